The number of aliphatic hydroxyl groups excluding tert-OH is 1. The lowest BCUT2D eigenvalue weighted by Crippen LogP contribution is -2.34. The zero-order chi connectivity index (χ0) is 27.7. The number of benzene rings is 2. The number of ketones is 1. The van der Waals surface area contributed by atoms with Crippen molar-refractivity contribution in [3.8, 4) is 0 Å². The van der Waals surface area contributed by atoms with Crippen LogP contribution in [0.5, 0.6) is 0 Å². The van der Waals surface area contributed by atoms with Crippen molar-refractivity contribution in [1.82, 2.24) is 9.80 Å². The number of methoxy groups -OCH3 is 1. The molecule has 38 heavy (non-hydrogen) atoms. The van der Waals surface area contributed by atoms with Crippen LogP contribution in [0, 0.1) is 0 Å². The molecule has 1 N–H and O–H groups in total. The summed E-state index contributed by atoms with van der Waals surface area (Å²) in [6.07, 6.45) is 5.15. The number of nitrogens with zero attached hydrogens (tertiary/aromatic N) is 2. The van der Waals surface area contributed by atoms with E-state index in [9.17, 15) is 19.5 Å². The molecule has 0 bridgehead atoms. The molecule has 1 amide bonds. The van der Waals surface area contributed by atoms with Gasteiger partial charge in [-0.05, 0) is 80.9 Å². The van der Waals surface area contributed by atoms with Gasteiger partial charge in [0.2, 0.25) is 0 Å². The highest BCUT2D eigenvalue weighted by Crippen LogP contribution is 2.39. The van der Waals surface area contributed by atoms with E-state index in [0.717, 1.165) is 45.3 Å². The van der Waals surface area contributed by atoms with Crippen molar-refractivity contribution in [2.45, 2.75) is 52.0 Å². The largest absolute Gasteiger partial charge is 0.507 e. The van der Waals surface area contributed by atoms with Gasteiger partial charge in [-0.2, -0.15) is 0 Å². The number of rotatable bonds is 13. The Kier molecular flexibility index (Phi) is 10.9. The molecule has 1 aliphatic rings. The minimum absolute atomic E-state index is 0.0250. The highest BCUT2D eigenvalue weighted by atomic mass is 35.5. The SMILES string of the molecule is CCCCN(CCCC)CCCN1C(=O)C(=O)/C(=C(\O)c2ccc(Cl)cc2)C1c1ccc(C(=O)OC)cc1. The average Bonchev–Trinajstić information content (AvgIpc) is 3.18. The molecule has 1 unspecified atom stereocenters. The molecule has 1 fully saturated rings. The zero-order valence-corrected chi connectivity index (χ0v) is 23.2. The molecular weight excluding hydrogens is 504 g/mol. The van der Waals surface area contributed by atoms with Gasteiger partial charge in [-0.15, -0.1) is 0 Å². The van der Waals surface area contributed by atoms with Crippen LogP contribution in [0.2, 0.25) is 5.02 Å². The van der Waals surface area contributed by atoms with E-state index in [1.54, 1.807) is 48.5 Å². The summed E-state index contributed by atoms with van der Waals surface area (Å²) in [6, 6.07) is 12.3. The highest BCUT2D eigenvalue weighted by Gasteiger charge is 2.45. The standard InChI is InChI=1S/C30H37ClN2O5/c1-4-6-17-32(18-7-5-2)19-8-20-33-26(21-9-11-23(12-10-21)30(37)38-3)25(28(35)29(33)36)27(34)22-13-15-24(31)16-14-22/h9-16,26,34H,4-8,17-20H2,1-3H3/b27-25-. The molecule has 1 heterocycles. The first-order valence-electron chi connectivity index (χ1n) is 13.3. The Bertz CT molecular complexity index is 1140. The van der Waals surface area contributed by atoms with Crippen LogP contribution in [-0.2, 0) is 14.3 Å². The minimum atomic E-state index is -0.780. The van der Waals surface area contributed by atoms with E-state index in [0.29, 0.717) is 34.7 Å². The van der Waals surface area contributed by atoms with Gasteiger partial charge in [-0.3, -0.25) is 9.59 Å². The van der Waals surface area contributed by atoms with Gasteiger partial charge in [-0.25, -0.2) is 4.79 Å². The molecule has 7 nitrogen and oxygen atoms in total. The van der Waals surface area contributed by atoms with E-state index in [1.165, 1.54) is 12.0 Å². The molecule has 0 radical (unpaired) electrons. The molecule has 1 atom stereocenters. The number of aliphatic hydroxyl groups is 1. The fraction of sp³-hybridized carbons (Fsp3) is 0.433. The van der Waals surface area contributed by atoms with Crippen LogP contribution in [0.15, 0.2) is 54.1 Å². The van der Waals surface area contributed by atoms with E-state index in [-0.39, 0.29) is 11.3 Å². The van der Waals surface area contributed by atoms with Gasteiger partial charge in [0.05, 0.1) is 24.3 Å². The first-order chi connectivity index (χ1) is 18.3. The highest BCUT2D eigenvalue weighted by molar-refractivity contribution is 6.46. The first-order valence-corrected chi connectivity index (χ1v) is 13.6. The van der Waals surface area contributed by atoms with Crippen LogP contribution >= 0.6 is 11.6 Å². The normalized spacial score (nSPS) is 16.9. The maximum atomic E-state index is 13.3. The molecule has 2 aromatic carbocycles. The van der Waals surface area contributed by atoms with Gasteiger partial charge in [-0.1, -0.05) is 50.4 Å². The van der Waals surface area contributed by atoms with Crippen LogP contribution in [-0.4, -0.2) is 65.9 Å². The molecule has 8 heteroatoms. The number of carbonyl (C=O) groups excluding carboxylic acids is 3. The number of halogens is 1. The quantitative estimate of drug-likeness (QED) is 0.149. The van der Waals surface area contributed by atoms with Crippen LogP contribution in [0.3, 0.4) is 0 Å². The number of hydrogen-bond acceptors (Lipinski definition) is 6. The van der Waals surface area contributed by atoms with Gasteiger partial charge in [0, 0.05) is 17.1 Å². The van der Waals surface area contributed by atoms with E-state index in [2.05, 4.69) is 18.7 Å². The zero-order valence-electron chi connectivity index (χ0n) is 22.4. The van der Waals surface area contributed by atoms with Crippen molar-refractivity contribution >= 4 is 35.0 Å². The van der Waals surface area contributed by atoms with Gasteiger partial charge < -0.3 is 19.6 Å². The number of carbonyl (C=O) groups is 3. The van der Waals surface area contributed by atoms with Crippen molar-refractivity contribution in [2.24, 2.45) is 0 Å². The van der Waals surface area contributed by atoms with Gasteiger partial charge in [0.1, 0.15) is 5.76 Å². The Balaban J connectivity index is 1.94. The number of esters is 1. The van der Waals surface area contributed by atoms with Crippen molar-refractivity contribution in [3.63, 3.8) is 0 Å². The fourth-order valence-corrected chi connectivity index (χ4v) is 4.83. The molecule has 204 valence electrons. The van der Waals surface area contributed by atoms with Crippen LogP contribution < -0.4 is 0 Å². The van der Waals surface area contributed by atoms with Crippen molar-refractivity contribution in [3.05, 3.63) is 75.8 Å². The Morgan fingerprint density at radius 1 is 0.921 bits per heavy atom. The number of ether oxygens (including phenoxy) is 1. The maximum Gasteiger partial charge on any atom is 0.337 e. The predicted octanol–water partition coefficient (Wildman–Crippen LogP) is 5.84. The number of unbranched alkanes of at least 4 members (excludes halogenated alkanes) is 2. The fourth-order valence-electron chi connectivity index (χ4n) is 4.70. The van der Waals surface area contributed by atoms with E-state index < -0.39 is 23.7 Å². The summed E-state index contributed by atoms with van der Waals surface area (Å²) in [7, 11) is 1.31. The average molecular weight is 541 g/mol. The number of likely N-dealkylation sites (tertiary alicyclic amines) is 1. The van der Waals surface area contributed by atoms with Gasteiger partial charge >= 0.3 is 5.97 Å². The number of hydrogen-bond donors (Lipinski definition) is 1. The third kappa shape index (κ3) is 7.03. The van der Waals surface area contributed by atoms with Crippen LogP contribution in [0.4, 0.5) is 0 Å². The summed E-state index contributed by atoms with van der Waals surface area (Å²) in [4.78, 5) is 42.4. The van der Waals surface area contributed by atoms with Crippen molar-refractivity contribution in [2.75, 3.05) is 33.3 Å². The number of Topliss-reactive ketones (excluding diaryl/α,β-unsaturated/α-hetero) is 1. The monoisotopic (exact) mass is 540 g/mol. The molecule has 3 rings (SSSR count). The molecule has 0 aromatic heterocycles. The summed E-state index contributed by atoms with van der Waals surface area (Å²) < 4.78 is 4.79. The summed E-state index contributed by atoms with van der Waals surface area (Å²) in [6.45, 7) is 7.52. The lowest BCUT2D eigenvalue weighted by atomic mass is 9.94. The van der Waals surface area contributed by atoms with Crippen LogP contribution in [0.25, 0.3) is 5.76 Å². The lowest BCUT2D eigenvalue weighted by Gasteiger charge is -2.27. The molecule has 1 saturated heterocycles. The Hall–Kier alpha value is -3.16. The third-order valence-electron chi connectivity index (χ3n) is 6.83. The second-order valence-corrected chi connectivity index (χ2v) is 9.95. The van der Waals surface area contributed by atoms with E-state index in [4.69, 9.17) is 16.3 Å². The second kappa shape index (κ2) is 14.1. The number of amides is 1. The van der Waals surface area contributed by atoms with E-state index in [1.807, 2.05) is 0 Å². The molecule has 0 saturated carbocycles. The first kappa shape index (κ1) is 29.4. The summed E-state index contributed by atoms with van der Waals surface area (Å²) in [5, 5.41) is 11.7. The maximum absolute atomic E-state index is 13.3. The van der Waals surface area contributed by atoms with Gasteiger partial charge in [0.15, 0.2) is 0 Å². The predicted molar refractivity (Wildman–Crippen MR) is 149 cm³/mol. The van der Waals surface area contributed by atoms with Crippen molar-refractivity contribution in [1.29, 1.82) is 0 Å². The van der Waals surface area contributed by atoms with Crippen LogP contribution in [0.1, 0.15) is 73.5 Å². The Labute approximate surface area is 230 Å². The Morgan fingerprint density at radius 3 is 2.03 bits per heavy atom. The minimum Gasteiger partial charge on any atom is -0.507 e. The summed E-state index contributed by atoms with van der Waals surface area (Å²) in [5.41, 5.74) is 1.40. The molecule has 0 spiro atoms. The summed E-state index contributed by atoms with van der Waals surface area (Å²) in [5.74, 6) is -2.10. The smallest absolute Gasteiger partial charge is 0.337 e. The second-order valence-electron chi connectivity index (χ2n) is 9.52. The molecule has 1 aliphatic heterocycles. The summed E-state index contributed by atoms with van der Waals surface area (Å²) >= 11 is 6.01. The third-order valence-corrected chi connectivity index (χ3v) is 7.09. The topological polar surface area (TPSA) is 87.2 Å². The van der Waals surface area contributed by atoms with E-state index >= 15 is 0 Å². The lowest BCUT2D eigenvalue weighted by molar-refractivity contribution is -0.140. The van der Waals surface area contributed by atoms with Crippen molar-refractivity contribution < 1.29 is 24.2 Å². The molecule has 0 aliphatic carbocycles. The van der Waals surface area contributed by atoms with Gasteiger partial charge in [0.25, 0.3) is 11.7 Å². The molecular formula is C30H37ClN2O5. The Morgan fingerprint density at radius 2 is 1.47 bits per heavy atom. The molecule has 2 aromatic rings.